The van der Waals surface area contributed by atoms with E-state index in [1.807, 2.05) is 0 Å². The van der Waals surface area contributed by atoms with Crippen LogP contribution in [0.2, 0.25) is 0 Å². The lowest BCUT2D eigenvalue weighted by molar-refractivity contribution is -0.944. The fourth-order valence-electron chi connectivity index (χ4n) is 3.27. The number of methoxy groups -OCH3 is 1. The number of fused-ring (bicyclic) bond motifs is 3. The predicted molar refractivity (Wildman–Crippen MR) is 65.8 cm³/mol. The zero-order chi connectivity index (χ0) is 12.3. The van der Waals surface area contributed by atoms with Crippen LogP contribution < -0.4 is 10.2 Å². The van der Waals surface area contributed by atoms with Crippen LogP contribution in [-0.2, 0) is 9.53 Å². The Bertz CT molecular complexity index is 293. The molecule has 0 aromatic heterocycles. The number of hydrogen-bond acceptors (Lipinski definition) is 2. The van der Waals surface area contributed by atoms with Gasteiger partial charge < -0.3 is 15.0 Å². The van der Waals surface area contributed by atoms with Crippen molar-refractivity contribution >= 4 is 5.91 Å². The summed E-state index contributed by atoms with van der Waals surface area (Å²) < 4.78 is 4.81. The minimum absolute atomic E-state index is 0.00480. The second kappa shape index (κ2) is 5.65. The van der Waals surface area contributed by atoms with Gasteiger partial charge in [-0.2, -0.15) is 0 Å². The highest BCUT2D eigenvalue weighted by molar-refractivity contribution is 5.77. The van der Waals surface area contributed by atoms with Gasteiger partial charge in [-0.25, -0.2) is 0 Å². The first-order valence-electron chi connectivity index (χ1n) is 6.47. The average molecular weight is 239 g/mol. The molecule has 0 aliphatic carbocycles. The SMILES string of the molecule is C=C[C@H]1C[NH+]2CC[C@H]1C[C@@H]2CNC(=O)COC. The number of nitrogens with one attached hydrogen (secondary N) is 2. The molecule has 0 saturated carbocycles. The van der Waals surface area contributed by atoms with E-state index in [4.69, 9.17) is 4.74 Å². The Morgan fingerprint density at radius 3 is 3.06 bits per heavy atom. The van der Waals surface area contributed by atoms with Gasteiger partial charge in [0, 0.05) is 25.9 Å². The first-order chi connectivity index (χ1) is 8.24. The molecule has 96 valence electrons. The molecule has 3 fully saturated rings. The third-order valence-corrected chi connectivity index (χ3v) is 4.23. The fourth-order valence-corrected chi connectivity index (χ4v) is 3.27. The molecule has 17 heavy (non-hydrogen) atoms. The standard InChI is InChI=1S/C13H22N2O2/c1-3-10-8-15-5-4-11(10)6-12(15)7-14-13(16)9-17-2/h3,10-12H,1,4-9H2,2H3,(H,14,16)/p+1/t10-,11-,12+/m0/s1. The summed E-state index contributed by atoms with van der Waals surface area (Å²) in [6.07, 6.45) is 4.65. The zero-order valence-electron chi connectivity index (χ0n) is 10.6. The monoisotopic (exact) mass is 239 g/mol. The molecule has 0 aromatic carbocycles. The normalized spacial score (nSPS) is 35.6. The van der Waals surface area contributed by atoms with Crippen molar-refractivity contribution in [1.82, 2.24) is 5.32 Å². The Labute approximate surface area is 103 Å². The molecule has 3 aliphatic rings. The Hall–Kier alpha value is -0.870. The van der Waals surface area contributed by atoms with Gasteiger partial charge in [-0.15, -0.1) is 6.58 Å². The molecule has 3 aliphatic heterocycles. The second-order valence-corrected chi connectivity index (χ2v) is 5.23. The molecule has 1 amide bonds. The Balaban J connectivity index is 1.80. The third-order valence-electron chi connectivity index (χ3n) is 4.23. The van der Waals surface area contributed by atoms with E-state index in [9.17, 15) is 4.79 Å². The highest BCUT2D eigenvalue weighted by Crippen LogP contribution is 2.27. The molecule has 0 radical (unpaired) electrons. The highest BCUT2D eigenvalue weighted by atomic mass is 16.5. The summed E-state index contributed by atoms with van der Waals surface area (Å²) in [7, 11) is 1.55. The second-order valence-electron chi connectivity index (χ2n) is 5.23. The van der Waals surface area contributed by atoms with Crippen molar-refractivity contribution < 1.29 is 14.4 Å². The molecular weight excluding hydrogens is 216 g/mol. The Morgan fingerprint density at radius 2 is 2.47 bits per heavy atom. The van der Waals surface area contributed by atoms with Crippen molar-refractivity contribution in [3.63, 3.8) is 0 Å². The van der Waals surface area contributed by atoms with Gasteiger partial charge in [-0.05, 0) is 5.92 Å². The van der Waals surface area contributed by atoms with E-state index in [0.29, 0.717) is 12.0 Å². The molecule has 3 heterocycles. The van der Waals surface area contributed by atoms with E-state index in [2.05, 4.69) is 18.0 Å². The van der Waals surface area contributed by atoms with Crippen LogP contribution in [0.3, 0.4) is 0 Å². The Morgan fingerprint density at radius 1 is 1.65 bits per heavy atom. The highest BCUT2D eigenvalue weighted by Gasteiger charge is 2.42. The number of carbonyl (C=O) groups excluding carboxylic acids is 1. The number of hydrogen-bond donors (Lipinski definition) is 2. The van der Waals surface area contributed by atoms with Gasteiger partial charge in [-0.3, -0.25) is 4.79 Å². The van der Waals surface area contributed by atoms with E-state index in [1.54, 1.807) is 12.0 Å². The first-order valence-corrected chi connectivity index (χ1v) is 6.47. The third kappa shape index (κ3) is 2.87. The van der Waals surface area contributed by atoms with E-state index in [0.717, 1.165) is 12.5 Å². The van der Waals surface area contributed by atoms with Crippen LogP contribution in [0, 0.1) is 11.8 Å². The number of carbonyl (C=O) groups is 1. The van der Waals surface area contributed by atoms with Crippen LogP contribution >= 0.6 is 0 Å². The molecule has 4 nitrogen and oxygen atoms in total. The maximum Gasteiger partial charge on any atom is 0.246 e. The molecule has 1 unspecified atom stereocenters. The lowest BCUT2D eigenvalue weighted by Gasteiger charge is -2.46. The summed E-state index contributed by atoms with van der Waals surface area (Å²) in [5.41, 5.74) is 0. The summed E-state index contributed by atoms with van der Waals surface area (Å²) >= 11 is 0. The summed E-state index contributed by atoms with van der Waals surface area (Å²) in [4.78, 5) is 13.0. The summed E-state index contributed by atoms with van der Waals surface area (Å²) in [5, 5.41) is 2.96. The molecule has 3 rings (SSSR count). The summed E-state index contributed by atoms with van der Waals surface area (Å²) in [6.45, 7) is 7.33. The van der Waals surface area contributed by atoms with Crippen LogP contribution in [-0.4, -0.2) is 45.3 Å². The minimum atomic E-state index is -0.00480. The maximum atomic E-state index is 11.4. The van der Waals surface area contributed by atoms with Crippen molar-refractivity contribution in [2.75, 3.05) is 33.4 Å². The van der Waals surface area contributed by atoms with Gasteiger partial charge in [0.1, 0.15) is 12.6 Å². The largest absolute Gasteiger partial charge is 0.375 e. The van der Waals surface area contributed by atoms with Gasteiger partial charge in [0.05, 0.1) is 19.6 Å². The van der Waals surface area contributed by atoms with Crippen molar-refractivity contribution in [1.29, 1.82) is 0 Å². The van der Waals surface area contributed by atoms with Crippen LogP contribution in [0.5, 0.6) is 0 Å². The topological polar surface area (TPSA) is 42.8 Å². The van der Waals surface area contributed by atoms with Crippen molar-refractivity contribution in [2.45, 2.75) is 18.9 Å². The molecule has 3 saturated heterocycles. The summed E-state index contributed by atoms with van der Waals surface area (Å²) in [5.74, 6) is 1.47. The van der Waals surface area contributed by atoms with Gasteiger partial charge in [-0.1, -0.05) is 6.08 Å². The number of piperidine rings is 3. The Kier molecular flexibility index (Phi) is 4.18. The van der Waals surface area contributed by atoms with Crippen LogP contribution in [0.25, 0.3) is 0 Å². The minimum Gasteiger partial charge on any atom is -0.375 e. The predicted octanol–water partition coefficient (Wildman–Crippen LogP) is -0.772. The molecular formula is C13H23N2O2+. The molecule has 0 spiro atoms. The van der Waals surface area contributed by atoms with E-state index in [1.165, 1.54) is 25.9 Å². The number of rotatable bonds is 5. The van der Waals surface area contributed by atoms with Gasteiger partial charge in [0.15, 0.2) is 0 Å². The van der Waals surface area contributed by atoms with Crippen LogP contribution in [0.1, 0.15) is 12.8 Å². The van der Waals surface area contributed by atoms with Gasteiger partial charge in [0.2, 0.25) is 5.91 Å². The van der Waals surface area contributed by atoms with Crippen LogP contribution in [0.15, 0.2) is 12.7 Å². The molecule has 2 bridgehead atoms. The first kappa shape index (κ1) is 12.6. The van der Waals surface area contributed by atoms with E-state index >= 15 is 0 Å². The lowest BCUT2D eigenvalue weighted by Crippen LogP contribution is -3.20. The summed E-state index contributed by atoms with van der Waals surface area (Å²) in [6, 6.07) is 0.589. The molecule has 4 atom stereocenters. The average Bonchev–Trinajstić information content (AvgIpc) is 2.37. The quantitative estimate of drug-likeness (QED) is 0.619. The van der Waals surface area contributed by atoms with Crippen molar-refractivity contribution in [3.05, 3.63) is 12.7 Å². The van der Waals surface area contributed by atoms with Gasteiger partial charge in [0.25, 0.3) is 0 Å². The van der Waals surface area contributed by atoms with Crippen LogP contribution in [0.4, 0.5) is 0 Å². The number of ether oxygens (including phenoxy) is 1. The number of quaternary nitrogens is 1. The fraction of sp³-hybridized carbons (Fsp3) is 0.769. The molecule has 4 heteroatoms. The molecule has 0 aromatic rings. The lowest BCUT2D eigenvalue weighted by atomic mass is 9.75. The van der Waals surface area contributed by atoms with Crippen molar-refractivity contribution in [2.24, 2.45) is 11.8 Å². The van der Waals surface area contributed by atoms with Gasteiger partial charge >= 0.3 is 0 Å². The zero-order valence-corrected chi connectivity index (χ0v) is 10.6. The van der Waals surface area contributed by atoms with E-state index in [-0.39, 0.29) is 12.5 Å². The number of amides is 1. The smallest absolute Gasteiger partial charge is 0.246 e. The van der Waals surface area contributed by atoms with Crippen molar-refractivity contribution in [3.8, 4) is 0 Å². The molecule has 2 N–H and O–H groups in total. The maximum absolute atomic E-state index is 11.4. The van der Waals surface area contributed by atoms with E-state index < -0.39 is 0 Å².